The van der Waals surface area contributed by atoms with Crippen LogP contribution in [0.3, 0.4) is 0 Å². The molecule has 4 aromatic carbocycles. The van der Waals surface area contributed by atoms with Gasteiger partial charge in [0.25, 0.3) is 0 Å². The van der Waals surface area contributed by atoms with Gasteiger partial charge in [0, 0.05) is 22.8 Å². The van der Waals surface area contributed by atoms with E-state index in [2.05, 4.69) is 5.32 Å². The zero-order valence-corrected chi connectivity index (χ0v) is 21.9. The predicted octanol–water partition coefficient (Wildman–Crippen LogP) is 7.45. The second kappa shape index (κ2) is 12.0. The van der Waals surface area contributed by atoms with E-state index in [4.69, 9.17) is 11.6 Å². The van der Waals surface area contributed by atoms with E-state index < -0.39 is 0 Å². The van der Waals surface area contributed by atoms with Crippen molar-refractivity contribution in [3.05, 3.63) is 131 Å². The molecule has 0 saturated heterocycles. The topological polar surface area (TPSA) is 52.7 Å². The van der Waals surface area contributed by atoms with Crippen molar-refractivity contribution < 1.29 is 14.0 Å². The minimum atomic E-state index is -0.350. The molecule has 1 aliphatic heterocycles. The van der Waals surface area contributed by atoms with Crippen molar-refractivity contribution in [1.29, 1.82) is 0 Å². The van der Waals surface area contributed by atoms with Crippen molar-refractivity contribution in [2.75, 3.05) is 18.4 Å². The van der Waals surface area contributed by atoms with Crippen LogP contribution in [0.1, 0.15) is 17.5 Å². The van der Waals surface area contributed by atoms with E-state index in [-0.39, 0.29) is 30.8 Å². The van der Waals surface area contributed by atoms with E-state index in [1.165, 1.54) is 17.0 Å². The molecule has 0 unspecified atom stereocenters. The Morgan fingerprint density at radius 3 is 2.28 bits per heavy atom. The van der Waals surface area contributed by atoms with Gasteiger partial charge in [-0.1, -0.05) is 90.5 Å². The number of hydrogen-bond donors (Lipinski definition) is 1. The van der Waals surface area contributed by atoms with Gasteiger partial charge in [-0.2, -0.15) is 0 Å². The van der Waals surface area contributed by atoms with Gasteiger partial charge in [0.15, 0.2) is 0 Å². The van der Waals surface area contributed by atoms with Crippen molar-refractivity contribution >= 4 is 34.9 Å². The lowest BCUT2D eigenvalue weighted by Gasteiger charge is -2.32. The smallest absolute Gasteiger partial charge is 0.315 e. The third-order valence-electron chi connectivity index (χ3n) is 6.59. The monoisotopic (exact) mass is 539 g/mol. The molecule has 3 amide bonds. The average Bonchev–Trinajstić information content (AvgIpc) is 2.95. The van der Waals surface area contributed by atoms with E-state index >= 15 is 0 Å². The lowest BCUT2D eigenvalue weighted by atomic mass is 10.0. The standard InChI is InChI=1S/C32H27ClFN3O2/c33-26-16-14-25(15-17-26)30-11-6-20-36(22-31(38)37(30)21-23-12-18-27(34)19-13-23)32(39)35-29-10-5-4-9-28(29)24-7-2-1-3-8-24/h1-5,7-19H,6,20-22H2,(H,35,39)/b30-11-. The zero-order chi connectivity index (χ0) is 27.2. The molecule has 1 aliphatic rings. The fourth-order valence-electron chi connectivity index (χ4n) is 4.60. The van der Waals surface area contributed by atoms with Crippen LogP contribution in [0.4, 0.5) is 14.9 Å². The first kappa shape index (κ1) is 26.2. The first-order valence-corrected chi connectivity index (χ1v) is 13.1. The number of nitrogens with one attached hydrogen (secondary N) is 1. The zero-order valence-electron chi connectivity index (χ0n) is 21.2. The summed E-state index contributed by atoms with van der Waals surface area (Å²) < 4.78 is 13.5. The number of anilines is 1. The molecule has 196 valence electrons. The van der Waals surface area contributed by atoms with Gasteiger partial charge in [0.05, 0.1) is 12.2 Å². The van der Waals surface area contributed by atoms with E-state index in [9.17, 15) is 14.0 Å². The molecule has 0 bridgehead atoms. The van der Waals surface area contributed by atoms with Gasteiger partial charge < -0.3 is 15.1 Å². The molecule has 5 rings (SSSR count). The summed E-state index contributed by atoms with van der Waals surface area (Å²) in [4.78, 5) is 30.3. The minimum Gasteiger partial charge on any atom is -0.315 e. The highest BCUT2D eigenvalue weighted by molar-refractivity contribution is 6.30. The average molecular weight is 540 g/mol. The van der Waals surface area contributed by atoms with Gasteiger partial charge in [-0.3, -0.25) is 4.79 Å². The molecule has 0 spiro atoms. The van der Waals surface area contributed by atoms with Crippen molar-refractivity contribution in [1.82, 2.24) is 9.80 Å². The Balaban J connectivity index is 1.41. The molecule has 4 aromatic rings. The Morgan fingerprint density at radius 2 is 1.54 bits per heavy atom. The first-order chi connectivity index (χ1) is 19.0. The maximum atomic E-state index is 13.7. The van der Waals surface area contributed by atoms with Gasteiger partial charge in [0.1, 0.15) is 12.4 Å². The van der Waals surface area contributed by atoms with Crippen LogP contribution in [0.25, 0.3) is 16.8 Å². The van der Waals surface area contributed by atoms with Crippen LogP contribution in [0.15, 0.2) is 109 Å². The Kier molecular flexibility index (Phi) is 8.04. The molecule has 0 atom stereocenters. The molecule has 0 fully saturated rings. The number of carbonyl (C=O) groups excluding carboxylic acids is 2. The van der Waals surface area contributed by atoms with E-state index in [1.54, 1.807) is 29.2 Å². The van der Waals surface area contributed by atoms with Crippen molar-refractivity contribution in [3.8, 4) is 11.1 Å². The number of para-hydroxylation sites is 1. The predicted molar refractivity (Wildman–Crippen MR) is 153 cm³/mol. The second-order valence-electron chi connectivity index (χ2n) is 9.25. The number of rotatable bonds is 5. The minimum absolute atomic E-state index is 0.106. The van der Waals surface area contributed by atoms with Gasteiger partial charge in [-0.25, -0.2) is 9.18 Å². The first-order valence-electron chi connectivity index (χ1n) is 12.7. The highest BCUT2D eigenvalue weighted by atomic mass is 35.5. The molecule has 7 heteroatoms. The summed E-state index contributed by atoms with van der Waals surface area (Å²) in [7, 11) is 0. The number of amides is 3. The molecule has 39 heavy (non-hydrogen) atoms. The molecular formula is C32H27ClFN3O2. The molecule has 0 saturated carbocycles. The number of urea groups is 1. The summed E-state index contributed by atoms with van der Waals surface area (Å²) in [5.41, 5.74) is 4.90. The summed E-state index contributed by atoms with van der Waals surface area (Å²) >= 11 is 6.10. The SMILES string of the molecule is O=C(Nc1ccccc1-c1ccccc1)N1CC/C=C(/c2ccc(Cl)cc2)N(Cc2ccc(F)cc2)C(=O)C1. The molecule has 0 radical (unpaired) electrons. The summed E-state index contributed by atoms with van der Waals surface area (Å²) in [5, 5.41) is 3.60. The maximum Gasteiger partial charge on any atom is 0.322 e. The number of carbonyl (C=O) groups is 2. The van der Waals surface area contributed by atoms with Crippen LogP contribution in [-0.4, -0.2) is 34.8 Å². The quantitative estimate of drug-likeness (QED) is 0.286. The Morgan fingerprint density at radius 1 is 0.846 bits per heavy atom. The Bertz CT molecular complexity index is 1490. The molecule has 5 nitrogen and oxygen atoms in total. The molecule has 0 aliphatic carbocycles. The molecule has 0 aromatic heterocycles. The van der Waals surface area contributed by atoms with Gasteiger partial charge >= 0.3 is 6.03 Å². The van der Waals surface area contributed by atoms with Crippen molar-refractivity contribution in [3.63, 3.8) is 0 Å². The van der Waals surface area contributed by atoms with Crippen molar-refractivity contribution in [2.45, 2.75) is 13.0 Å². The molecular weight excluding hydrogens is 513 g/mol. The second-order valence-corrected chi connectivity index (χ2v) is 9.69. The largest absolute Gasteiger partial charge is 0.322 e. The number of benzene rings is 4. The normalized spacial score (nSPS) is 15.2. The van der Waals surface area contributed by atoms with E-state index in [0.29, 0.717) is 23.7 Å². The van der Waals surface area contributed by atoms with Crippen LogP contribution in [0.5, 0.6) is 0 Å². The van der Waals surface area contributed by atoms with E-state index in [1.807, 2.05) is 72.8 Å². The highest BCUT2D eigenvalue weighted by Crippen LogP contribution is 2.29. The highest BCUT2D eigenvalue weighted by Gasteiger charge is 2.27. The summed E-state index contributed by atoms with van der Waals surface area (Å²) in [6.07, 6.45) is 2.50. The molecule has 1 heterocycles. The van der Waals surface area contributed by atoms with Crippen LogP contribution in [0, 0.1) is 5.82 Å². The van der Waals surface area contributed by atoms with Crippen LogP contribution >= 0.6 is 11.6 Å². The fraction of sp³-hybridized carbons (Fsp3) is 0.125. The Hall–Kier alpha value is -4.42. The lowest BCUT2D eigenvalue weighted by molar-refractivity contribution is -0.129. The Labute approximate surface area is 232 Å². The fourth-order valence-corrected chi connectivity index (χ4v) is 4.72. The van der Waals surface area contributed by atoms with Gasteiger partial charge in [0.2, 0.25) is 5.91 Å². The third-order valence-corrected chi connectivity index (χ3v) is 6.84. The third kappa shape index (κ3) is 6.36. The number of hydrogen-bond acceptors (Lipinski definition) is 2. The van der Waals surface area contributed by atoms with Crippen LogP contribution < -0.4 is 5.32 Å². The maximum absolute atomic E-state index is 13.7. The van der Waals surface area contributed by atoms with Crippen LogP contribution in [0.2, 0.25) is 5.02 Å². The van der Waals surface area contributed by atoms with E-state index in [0.717, 1.165) is 28.0 Å². The number of nitrogens with zero attached hydrogens (tertiary/aromatic N) is 2. The summed E-state index contributed by atoms with van der Waals surface area (Å²) in [5.74, 6) is -0.587. The lowest BCUT2D eigenvalue weighted by Crippen LogP contribution is -2.45. The van der Waals surface area contributed by atoms with Gasteiger partial charge in [-0.05, 0) is 53.4 Å². The van der Waals surface area contributed by atoms with Gasteiger partial charge in [-0.15, -0.1) is 0 Å². The van der Waals surface area contributed by atoms with Crippen molar-refractivity contribution in [2.24, 2.45) is 0 Å². The summed E-state index contributed by atoms with van der Waals surface area (Å²) in [6, 6.07) is 30.4. The van der Waals surface area contributed by atoms with Crippen LogP contribution in [-0.2, 0) is 11.3 Å². The molecule has 1 N–H and O–H groups in total. The summed E-state index contributed by atoms with van der Waals surface area (Å²) in [6.45, 7) is 0.498. The number of halogens is 2.